The Morgan fingerprint density at radius 2 is 2.25 bits per heavy atom. The molecule has 0 aliphatic rings. The van der Waals surface area contributed by atoms with Crippen LogP contribution in [0.15, 0.2) is 18.3 Å². The van der Waals surface area contributed by atoms with Crippen molar-refractivity contribution in [1.29, 1.82) is 0 Å². The summed E-state index contributed by atoms with van der Waals surface area (Å²) < 4.78 is 0. The molecule has 0 saturated carbocycles. The van der Waals surface area contributed by atoms with Gasteiger partial charge in [0.15, 0.2) is 0 Å². The summed E-state index contributed by atoms with van der Waals surface area (Å²) in [4.78, 5) is 4.01. The monoisotopic (exact) mass is 167 g/mol. The van der Waals surface area contributed by atoms with Crippen molar-refractivity contribution in [2.45, 2.75) is 6.54 Å². The number of rotatable bonds is 3. The summed E-state index contributed by atoms with van der Waals surface area (Å²) in [6.07, 6.45) is 1.44. The summed E-state index contributed by atoms with van der Waals surface area (Å²) >= 11 is 0. The van der Waals surface area contributed by atoms with Crippen LogP contribution >= 0.6 is 0 Å². The number of pyridine rings is 1. The van der Waals surface area contributed by atoms with Crippen molar-refractivity contribution in [3.63, 3.8) is 0 Å². The van der Waals surface area contributed by atoms with E-state index in [1.165, 1.54) is 6.20 Å². The van der Waals surface area contributed by atoms with Gasteiger partial charge in [-0.3, -0.25) is 9.99 Å². The van der Waals surface area contributed by atoms with E-state index >= 15 is 0 Å². The molecule has 0 aliphatic heterocycles. The Kier molecular flexibility index (Phi) is 3.01. The number of aromatic nitrogens is 1. The molecule has 4 heteroatoms. The highest BCUT2D eigenvalue weighted by Crippen LogP contribution is 2.05. The molecule has 1 aromatic rings. The number of nitrogens with zero attached hydrogens (tertiary/aromatic N) is 2. The molecular weight excluding hydrogens is 154 g/mol. The van der Waals surface area contributed by atoms with E-state index < -0.39 is 0 Å². The SMILES string of the molecule is CN(C)NCc1ccc(O)cn1. The minimum atomic E-state index is 0.198. The average molecular weight is 167 g/mol. The Morgan fingerprint density at radius 3 is 2.75 bits per heavy atom. The van der Waals surface area contributed by atoms with Gasteiger partial charge in [0, 0.05) is 14.1 Å². The fraction of sp³-hybridized carbons (Fsp3) is 0.375. The van der Waals surface area contributed by atoms with Gasteiger partial charge in [0.25, 0.3) is 0 Å². The molecule has 0 saturated heterocycles. The Labute approximate surface area is 71.8 Å². The number of aromatic hydroxyl groups is 1. The van der Waals surface area contributed by atoms with Gasteiger partial charge in [0.05, 0.1) is 18.4 Å². The average Bonchev–Trinajstić information content (AvgIpc) is 2.03. The number of hydrogen-bond donors (Lipinski definition) is 2. The molecule has 12 heavy (non-hydrogen) atoms. The molecule has 0 unspecified atom stereocenters. The summed E-state index contributed by atoms with van der Waals surface area (Å²) in [5, 5.41) is 10.8. The van der Waals surface area contributed by atoms with Crippen LogP contribution in [0.4, 0.5) is 0 Å². The predicted octanol–water partition coefficient (Wildman–Crippen LogP) is 0.353. The highest BCUT2D eigenvalue weighted by Gasteiger charge is 1.94. The van der Waals surface area contributed by atoms with E-state index in [4.69, 9.17) is 5.11 Å². The molecule has 0 radical (unpaired) electrons. The molecule has 1 aromatic heterocycles. The first kappa shape index (κ1) is 8.96. The maximum Gasteiger partial charge on any atom is 0.133 e. The predicted molar refractivity (Wildman–Crippen MR) is 46.4 cm³/mol. The van der Waals surface area contributed by atoms with Crippen LogP contribution < -0.4 is 5.43 Å². The van der Waals surface area contributed by atoms with E-state index in [1.807, 2.05) is 19.1 Å². The van der Waals surface area contributed by atoms with E-state index in [0.717, 1.165) is 5.69 Å². The van der Waals surface area contributed by atoms with E-state index in [0.29, 0.717) is 6.54 Å². The minimum Gasteiger partial charge on any atom is -0.506 e. The summed E-state index contributed by atoms with van der Waals surface area (Å²) in [6, 6.07) is 3.41. The van der Waals surface area contributed by atoms with Crippen LogP contribution in [0.2, 0.25) is 0 Å². The lowest BCUT2D eigenvalue weighted by Gasteiger charge is -2.10. The van der Waals surface area contributed by atoms with Crippen LogP contribution in [0.3, 0.4) is 0 Å². The molecule has 2 N–H and O–H groups in total. The molecular formula is C8H13N3O. The van der Waals surface area contributed by atoms with Crippen LogP contribution in [-0.2, 0) is 6.54 Å². The van der Waals surface area contributed by atoms with Crippen molar-refractivity contribution >= 4 is 0 Å². The van der Waals surface area contributed by atoms with E-state index in [2.05, 4.69) is 10.4 Å². The zero-order valence-electron chi connectivity index (χ0n) is 7.28. The van der Waals surface area contributed by atoms with E-state index in [1.54, 1.807) is 12.1 Å². The first-order chi connectivity index (χ1) is 5.68. The van der Waals surface area contributed by atoms with E-state index in [-0.39, 0.29) is 5.75 Å². The maximum atomic E-state index is 8.94. The van der Waals surface area contributed by atoms with Crippen molar-refractivity contribution in [1.82, 2.24) is 15.4 Å². The Balaban J connectivity index is 2.48. The second-order valence-corrected chi connectivity index (χ2v) is 2.74. The van der Waals surface area contributed by atoms with Crippen LogP contribution in [0, 0.1) is 0 Å². The number of hydrazine groups is 1. The third kappa shape index (κ3) is 2.86. The zero-order valence-corrected chi connectivity index (χ0v) is 7.28. The van der Waals surface area contributed by atoms with Gasteiger partial charge >= 0.3 is 0 Å². The lowest BCUT2D eigenvalue weighted by Crippen LogP contribution is -2.29. The molecule has 0 amide bonds. The smallest absolute Gasteiger partial charge is 0.133 e. The molecule has 4 nitrogen and oxygen atoms in total. The first-order valence-corrected chi connectivity index (χ1v) is 3.73. The van der Waals surface area contributed by atoms with Gasteiger partial charge in [-0.25, -0.2) is 5.43 Å². The van der Waals surface area contributed by atoms with Gasteiger partial charge in [0.2, 0.25) is 0 Å². The van der Waals surface area contributed by atoms with Crippen molar-refractivity contribution in [3.8, 4) is 5.75 Å². The lowest BCUT2D eigenvalue weighted by molar-refractivity contribution is 0.284. The normalized spacial score (nSPS) is 10.6. The highest BCUT2D eigenvalue weighted by molar-refractivity contribution is 5.17. The Morgan fingerprint density at radius 1 is 1.50 bits per heavy atom. The lowest BCUT2D eigenvalue weighted by atomic mass is 10.3. The number of nitrogens with one attached hydrogen (secondary N) is 1. The summed E-state index contributed by atoms with van der Waals surface area (Å²) in [6.45, 7) is 0.674. The maximum absolute atomic E-state index is 8.94. The second-order valence-electron chi connectivity index (χ2n) is 2.74. The molecule has 66 valence electrons. The molecule has 0 atom stereocenters. The molecule has 0 bridgehead atoms. The van der Waals surface area contributed by atoms with Gasteiger partial charge < -0.3 is 5.11 Å². The summed E-state index contributed by atoms with van der Waals surface area (Å²) in [5.41, 5.74) is 3.97. The molecule has 0 spiro atoms. The molecule has 0 aromatic carbocycles. The third-order valence-corrected chi connectivity index (χ3v) is 1.39. The molecule has 1 rings (SSSR count). The van der Waals surface area contributed by atoms with E-state index in [9.17, 15) is 0 Å². The van der Waals surface area contributed by atoms with Crippen molar-refractivity contribution in [2.24, 2.45) is 0 Å². The van der Waals surface area contributed by atoms with Crippen molar-refractivity contribution in [3.05, 3.63) is 24.0 Å². The summed E-state index contributed by atoms with van der Waals surface area (Å²) in [7, 11) is 3.83. The van der Waals surface area contributed by atoms with Crippen molar-refractivity contribution in [2.75, 3.05) is 14.1 Å². The highest BCUT2D eigenvalue weighted by atomic mass is 16.3. The van der Waals surface area contributed by atoms with Gasteiger partial charge in [-0.1, -0.05) is 0 Å². The Bertz CT molecular complexity index is 233. The molecule has 0 fully saturated rings. The van der Waals surface area contributed by atoms with Gasteiger partial charge in [-0.05, 0) is 12.1 Å². The molecule has 0 aliphatic carbocycles. The quantitative estimate of drug-likeness (QED) is 0.638. The number of hydrogen-bond acceptors (Lipinski definition) is 4. The minimum absolute atomic E-state index is 0.198. The third-order valence-electron chi connectivity index (χ3n) is 1.39. The zero-order chi connectivity index (χ0) is 8.97. The topological polar surface area (TPSA) is 48.4 Å². The Hall–Kier alpha value is -1.13. The van der Waals surface area contributed by atoms with Gasteiger partial charge in [-0.15, -0.1) is 0 Å². The standard InChI is InChI=1S/C8H13N3O/c1-11(2)10-5-7-3-4-8(12)6-9-7/h3-4,6,10,12H,5H2,1-2H3. The fourth-order valence-electron chi connectivity index (χ4n) is 0.760. The van der Waals surface area contributed by atoms with Gasteiger partial charge in [0.1, 0.15) is 5.75 Å². The fourth-order valence-corrected chi connectivity index (χ4v) is 0.760. The molecule has 1 heterocycles. The largest absolute Gasteiger partial charge is 0.506 e. The van der Waals surface area contributed by atoms with Crippen LogP contribution in [0.1, 0.15) is 5.69 Å². The van der Waals surface area contributed by atoms with Crippen molar-refractivity contribution < 1.29 is 5.11 Å². The second kappa shape index (κ2) is 4.04. The van der Waals surface area contributed by atoms with Gasteiger partial charge in [-0.2, -0.15) is 0 Å². The van der Waals surface area contributed by atoms with Crippen LogP contribution in [0.5, 0.6) is 5.75 Å². The van der Waals surface area contributed by atoms with Crippen LogP contribution in [-0.4, -0.2) is 29.2 Å². The first-order valence-electron chi connectivity index (χ1n) is 3.73. The summed E-state index contributed by atoms with van der Waals surface area (Å²) in [5.74, 6) is 0.198. The van der Waals surface area contributed by atoms with Crippen LogP contribution in [0.25, 0.3) is 0 Å².